The Morgan fingerprint density at radius 1 is 1.08 bits per heavy atom. The number of aromatic nitrogens is 3. The third-order valence-electron chi connectivity index (χ3n) is 6.24. The number of aryl methyl sites for hydroxylation is 1. The first-order valence-electron chi connectivity index (χ1n) is 12.1. The van der Waals surface area contributed by atoms with Crippen molar-refractivity contribution in [3.63, 3.8) is 0 Å². The average Bonchev–Trinajstić information content (AvgIpc) is 3.32. The summed E-state index contributed by atoms with van der Waals surface area (Å²) in [6.45, 7) is 3.72. The highest BCUT2D eigenvalue weighted by Crippen LogP contribution is 2.37. The van der Waals surface area contributed by atoms with E-state index in [1.54, 1.807) is 35.2 Å². The van der Waals surface area contributed by atoms with Gasteiger partial charge in [0, 0.05) is 48.9 Å². The second-order valence-electron chi connectivity index (χ2n) is 8.92. The molecule has 5 rings (SSSR count). The average molecular weight is 545 g/mol. The van der Waals surface area contributed by atoms with Crippen LogP contribution in [0, 0.1) is 0 Å². The molecule has 198 valence electrons. The number of nitrogens with zero attached hydrogens (tertiary/aromatic N) is 5. The summed E-state index contributed by atoms with van der Waals surface area (Å²) in [4.78, 5) is 25.7. The van der Waals surface area contributed by atoms with E-state index in [-0.39, 0.29) is 23.0 Å². The normalized spacial score (nSPS) is 14.2. The molecule has 0 aliphatic carbocycles. The standard InChI is InChI=1S/C26H24ClF3N6O2/c1-2-5-20-32-23(35-10-12-36(13-11-35)25(37)31-19-9-4-8-18(27)15-19)21-22(34-38-24(21)33-20)16-6-3-7-17(14-16)26(28,29)30/h3-4,6-9,14-15H,2,5,10-13H2,1H3,(H,31,37). The van der Waals surface area contributed by atoms with Crippen molar-refractivity contribution in [3.05, 3.63) is 64.9 Å². The summed E-state index contributed by atoms with van der Waals surface area (Å²) in [6.07, 6.45) is -3.09. The second-order valence-corrected chi connectivity index (χ2v) is 9.35. The minimum Gasteiger partial charge on any atom is -0.352 e. The van der Waals surface area contributed by atoms with Crippen LogP contribution in [0.1, 0.15) is 24.7 Å². The number of urea groups is 1. The van der Waals surface area contributed by atoms with Gasteiger partial charge in [0.05, 0.1) is 5.56 Å². The number of hydrogen-bond donors (Lipinski definition) is 1. The Hall–Kier alpha value is -3.86. The van der Waals surface area contributed by atoms with Crippen LogP contribution in [0.2, 0.25) is 5.02 Å². The van der Waals surface area contributed by atoms with Crippen LogP contribution >= 0.6 is 11.6 Å². The number of fused-ring (bicyclic) bond motifs is 1. The number of benzene rings is 2. The van der Waals surface area contributed by atoms with E-state index in [2.05, 4.69) is 15.5 Å². The third kappa shape index (κ3) is 5.38. The van der Waals surface area contributed by atoms with E-state index in [9.17, 15) is 18.0 Å². The van der Waals surface area contributed by atoms with Gasteiger partial charge in [-0.1, -0.05) is 41.9 Å². The first kappa shape index (κ1) is 25.8. The summed E-state index contributed by atoms with van der Waals surface area (Å²) < 4.78 is 45.6. The monoisotopic (exact) mass is 544 g/mol. The number of rotatable bonds is 5. The quantitative estimate of drug-likeness (QED) is 0.319. The van der Waals surface area contributed by atoms with Crippen molar-refractivity contribution in [1.29, 1.82) is 0 Å². The molecule has 0 radical (unpaired) electrons. The predicted octanol–water partition coefficient (Wildman–Crippen LogP) is 6.26. The van der Waals surface area contributed by atoms with Crippen LogP contribution in [0.3, 0.4) is 0 Å². The molecular weight excluding hydrogens is 521 g/mol. The van der Waals surface area contributed by atoms with Crippen LogP contribution in [0.5, 0.6) is 0 Å². The lowest BCUT2D eigenvalue weighted by Gasteiger charge is -2.35. The first-order chi connectivity index (χ1) is 18.2. The Bertz CT molecular complexity index is 1470. The van der Waals surface area contributed by atoms with E-state index in [4.69, 9.17) is 21.1 Å². The molecule has 0 unspecified atom stereocenters. The fourth-order valence-corrected chi connectivity index (χ4v) is 4.56. The van der Waals surface area contributed by atoms with Crippen LogP contribution in [-0.2, 0) is 12.6 Å². The summed E-state index contributed by atoms with van der Waals surface area (Å²) >= 11 is 6.01. The molecule has 2 aromatic carbocycles. The van der Waals surface area contributed by atoms with Crippen LogP contribution in [0.25, 0.3) is 22.4 Å². The number of hydrogen-bond acceptors (Lipinski definition) is 6. The van der Waals surface area contributed by atoms with Crippen LogP contribution in [0.15, 0.2) is 53.1 Å². The Labute approximate surface area is 221 Å². The molecule has 3 heterocycles. The van der Waals surface area contributed by atoms with Gasteiger partial charge in [-0.15, -0.1) is 0 Å². The van der Waals surface area contributed by atoms with E-state index < -0.39 is 11.7 Å². The molecule has 2 amide bonds. The molecule has 1 fully saturated rings. The summed E-state index contributed by atoms with van der Waals surface area (Å²) in [7, 11) is 0. The number of alkyl halides is 3. The molecule has 2 aromatic heterocycles. The van der Waals surface area contributed by atoms with Crippen LogP contribution < -0.4 is 10.2 Å². The zero-order valence-corrected chi connectivity index (χ0v) is 21.2. The minimum absolute atomic E-state index is 0.215. The molecule has 8 nitrogen and oxygen atoms in total. The summed E-state index contributed by atoms with van der Waals surface area (Å²) in [6, 6.07) is 11.6. The van der Waals surface area contributed by atoms with Crippen LogP contribution in [0.4, 0.5) is 29.5 Å². The van der Waals surface area contributed by atoms with E-state index in [0.29, 0.717) is 60.3 Å². The van der Waals surface area contributed by atoms with Crippen molar-refractivity contribution in [2.75, 3.05) is 36.4 Å². The SMILES string of the molecule is CCCc1nc(N2CCN(C(=O)Nc3cccc(Cl)c3)CC2)c2c(-c3cccc(C(F)(F)F)c3)noc2n1. The molecule has 0 bridgehead atoms. The minimum atomic E-state index is -4.49. The third-order valence-corrected chi connectivity index (χ3v) is 6.48. The highest BCUT2D eigenvalue weighted by Gasteiger charge is 2.32. The van der Waals surface area contributed by atoms with Gasteiger partial charge in [-0.2, -0.15) is 18.2 Å². The Balaban J connectivity index is 1.43. The predicted molar refractivity (Wildman–Crippen MR) is 138 cm³/mol. The van der Waals surface area contributed by atoms with Gasteiger partial charge in [0.1, 0.15) is 22.7 Å². The molecule has 1 saturated heterocycles. The fraction of sp³-hybridized carbons (Fsp3) is 0.308. The van der Waals surface area contributed by atoms with Gasteiger partial charge in [-0.25, -0.2) is 9.78 Å². The molecule has 0 atom stereocenters. The Morgan fingerprint density at radius 2 is 1.84 bits per heavy atom. The van der Waals surface area contributed by atoms with E-state index >= 15 is 0 Å². The maximum absolute atomic E-state index is 13.4. The molecule has 1 aliphatic heterocycles. The van der Waals surface area contributed by atoms with Crippen molar-refractivity contribution >= 4 is 40.2 Å². The largest absolute Gasteiger partial charge is 0.416 e. The van der Waals surface area contributed by atoms with E-state index in [1.165, 1.54) is 6.07 Å². The molecular formula is C26H24ClF3N6O2. The lowest BCUT2D eigenvalue weighted by Crippen LogP contribution is -2.50. The maximum Gasteiger partial charge on any atom is 0.416 e. The lowest BCUT2D eigenvalue weighted by molar-refractivity contribution is -0.137. The Morgan fingerprint density at radius 3 is 2.55 bits per heavy atom. The maximum atomic E-state index is 13.4. The number of piperazine rings is 1. The van der Waals surface area contributed by atoms with E-state index in [0.717, 1.165) is 18.6 Å². The van der Waals surface area contributed by atoms with Crippen LogP contribution in [-0.4, -0.2) is 52.2 Å². The second kappa shape index (κ2) is 10.5. The summed E-state index contributed by atoms with van der Waals surface area (Å²) in [5, 5.41) is 7.90. The zero-order valence-electron chi connectivity index (χ0n) is 20.4. The van der Waals surface area contributed by atoms with Gasteiger partial charge in [0.2, 0.25) is 0 Å². The number of amides is 2. The van der Waals surface area contributed by atoms with Gasteiger partial charge in [0.15, 0.2) is 0 Å². The first-order valence-corrected chi connectivity index (χ1v) is 12.5. The number of halogens is 4. The van der Waals surface area contributed by atoms with Crippen molar-refractivity contribution in [2.24, 2.45) is 0 Å². The molecule has 0 spiro atoms. The molecule has 12 heteroatoms. The smallest absolute Gasteiger partial charge is 0.352 e. The summed E-state index contributed by atoms with van der Waals surface area (Å²) in [5.41, 5.74) is 0.529. The number of nitrogens with one attached hydrogen (secondary N) is 1. The summed E-state index contributed by atoms with van der Waals surface area (Å²) in [5.74, 6) is 1.09. The zero-order chi connectivity index (χ0) is 26.9. The van der Waals surface area contributed by atoms with Gasteiger partial charge in [-0.05, 0) is 36.8 Å². The van der Waals surface area contributed by atoms with Crippen molar-refractivity contribution in [3.8, 4) is 11.3 Å². The highest BCUT2D eigenvalue weighted by atomic mass is 35.5. The molecule has 1 aliphatic rings. The number of carbonyl (C=O) groups excluding carboxylic acids is 1. The van der Waals surface area contributed by atoms with Gasteiger partial charge in [-0.3, -0.25) is 0 Å². The molecule has 0 saturated carbocycles. The lowest BCUT2D eigenvalue weighted by atomic mass is 10.1. The topological polar surface area (TPSA) is 87.4 Å². The number of carbonyl (C=O) groups is 1. The fourth-order valence-electron chi connectivity index (χ4n) is 4.37. The Kier molecular flexibility index (Phi) is 7.11. The highest BCUT2D eigenvalue weighted by molar-refractivity contribution is 6.30. The molecule has 38 heavy (non-hydrogen) atoms. The molecule has 1 N–H and O–H groups in total. The molecule has 4 aromatic rings. The van der Waals surface area contributed by atoms with Crippen molar-refractivity contribution < 1.29 is 22.5 Å². The van der Waals surface area contributed by atoms with Gasteiger partial charge in [0.25, 0.3) is 5.71 Å². The number of anilines is 2. The van der Waals surface area contributed by atoms with Crippen molar-refractivity contribution in [1.82, 2.24) is 20.0 Å². The van der Waals surface area contributed by atoms with Gasteiger partial charge < -0.3 is 19.6 Å². The van der Waals surface area contributed by atoms with Crippen molar-refractivity contribution in [2.45, 2.75) is 25.9 Å². The van der Waals surface area contributed by atoms with E-state index in [1.807, 2.05) is 11.8 Å². The van der Waals surface area contributed by atoms with Gasteiger partial charge >= 0.3 is 12.2 Å².